The molecule has 0 aliphatic rings. The molecule has 0 aromatic heterocycles. The molecule has 1 amide bonds. The van der Waals surface area contributed by atoms with Crippen molar-refractivity contribution in [2.24, 2.45) is 0 Å². The monoisotopic (exact) mass is 309 g/mol. The largest absolute Gasteiger partial charge is 0.481 e. The Balaban J connectivity index is 2.43. The molecule has 116 valence electrons. The molecule has 0 bridgehead atoms. The summed E-state index contributed by atoms with van der Waals surface area (Å²) in [5.41, 5.74) is 1.22. The van der Waals surface area contributed by atoms with Crippen molar-refractivity contribution in [2.45, 2.75) is 44.6 Å². The molecule has 0 aliphatic carbocycles. The zero-order valence-corrected chi connectivity index (χ0v) is 13.7. The van der Waals surface area contributed by atoms with Gasteiger partial charge in [-0.15, -0.1) is 11.8 Å². The zero-order valence-electron chi connectivity index (χ0n) is 12.8. The van der Waals surface area contributed by atoms with Gasteiger partial charge in [0.2, 0.25) is 5.91 Å². The van der Waals surface area contributed by atoms with Crippen LogP contribution in [0, 0.1) is 6.92 Å². The highest BCUT2D eigenvalue weighted by atomic mass is 32.2. The first-order chi connectivity index (χ1) is 9.93. The summed E-state index contributed by atoms with van der Waals surface area (Å²) in [5, 5.41) is 8.82. The Hall–Kier alpha value is -1.49. The molecular formula is C16H23NO3S. The summed E-state index contributed by atoms with van der Waals surface area (Å²) in [6.07, 6.45) is 0.418. The molecule has 0 radical (unpaired) electrons. The highest BCUT2D eigenvalue weighted by Gasteiger charge is 2.20. The molecule has 1 aromatic rings. The molecule has 1 atom stereocenters. The molecule has 1 aromatic carbocycles. The molecule has 5 heteroatoms. The minimum Gasteiger partial charge on any atom is -0.481 e. The van der Waals surface area contributed by atoms with Gasteiger partial charge < -0.3 is 10.0 Å². The van der Waals surface area contributed by atoms with Crippen molar-refractivity contribution in [2.75, 3.05) is 12.3 Å². The number of carboxylic acid groups (broad SMARTS) is 1. The van der Waals surface area contributed by atoms with Gasteiger partial charge in [-0.05, 0) is 32.9 Å². The Morgan fingerprint density at radius 3 is 2.43 bits per heavy atom. The highest BCUT2D eigenvalue weighted by molar-refractivity contribution is 7.99. The average Bonchev–Trinajstić information content (AvgIpc) is 2.41. The van der Waals surface area contributed by atoms with E-state index in [2.05, 4.69) is 24.3 Å². The lowest BCUT2D eigenvalue weighted by molar-refractivity contribution is -0.140. The summed E-state index contributed by atoms with van der Waals surface area (Å²) in [7, 11) is 0. The van der Waals surface area contributed by atoms with Crippen LogP contribution < -0.4 is 0 Å². The standard InChI is InChI=1S/C16H23NO3S/c1-4-17(13(3)11-16(19)20)15(18)9-10-21-14-7-5-12(2)6-8-14/h5-8,13H,4,9-11H2,1-3H3,(H,19,20). The maximum atomic E-state index is 12.2. The summed E-state index contributed by atoms with van der Waals surface area (Å²) in [6.45, 7) is 6.25. The Morgan fingerprint density at radius 1 is 1.29 bits per heavy atom. The van der Waals surface area contributed by atoms with Crippen LogP contribution in [0.5, 0.6) is 0 Å². The number of aliphatic carboxylic acids is 1. The molecule has 0 heterocycles. The summed E-state index contributed by atoms with van der Waals surface area (Å²) in [6, 6.07) is 7.95. The maximum absolute atomic E-state index is 12.2. The van der Waals surface area contributed by atoms with Gasteiger partial charge in [0.05, 0.1) is 6.42 Å². The average molecular weight is 309 g/mol. The lowest BCUT2D eigenvalue weighted by Gasteiger charge is -2.27. The Labute approximate surface area is 130 Å². The second-order valence-corrected chi connectivity index (χ2v) is 6.21. The van der Waals surface area contributed by atoms with Gasteiger partial charge in [0.1, 0.15) is 0 Å². The van der Waals surface area contributed by atoms with E-state index in [1.807, 2.05) is 13.8 Å². The highest BCUT2D eigenvalue weighted by Crippen LogP contribution is 2.19. The van der Waals surface area contributed by atoms with Gasteiger partial charge in [0.25, 0.3) is 0 Å². The Morgan fingerprint density at radius 2 is 1.90 bits per heavy atom. The Bertz CT molecular complexity index is 473. The van der Waals surface area contributed by atoms with Crippen LogP contribution in [0.1, 0.15) is 32.3 Å². The van der Waals surface area contributed by atoms with E-state index < -0.39 is 5.97 Å². The van der Waals surface area contributed by atoms with Gasteiger partial charge in [0, 0.05) is 29.7 Å². The molecular weight excluding hydrogens is 286 g/mol. The fraction of sp³-hybridized carbons (Fsp3) is 0.500. The normalized spacial score (nSPS) is 12.0. The van der Waals surface area contributed by atoms with Crippen LogP contribution in [0.25, 0.3) is 0 Å². The van der Waals surface area contributed by atoms with Crippen LogP contribution in [0.3, 0.4) is 0 Å². The molecule has 1 rings (SSSR count). The summed E-state index contributed by atoms with van der Waals surface area (Å²) >= 11 is 1.65. The molecule has 1 unspecified atom stereocenters. The molecule has 0 spiro atoms. The molecule has 0 saturated carbocycles. The smallest absolute Gasteiger partial charge is 0.305 e. The van der Waals surface area contributed by atoms with E-state index in [9.17, 15) is 9.59 Å². The van der Waals surface area contributed by atoms with Crippen LogP contribution in [0.2, 0.25) is 0 Å². The van der Waals surface area contributed by atoms with Gasteiger partial charge in [-0.3, -0.25) is 9.59 Å². The van der Waals surface area contributed by atoms with Crippen LogP contribution in [-0.4, -0.2) is 40.2 Å². The van der Waals surface area contributed by atoms with Gasteiger partial charge in [-0.2, -0.15) is 0 Å². The van der Waals surface area contributed by atoms with Crippen molar-refractivity contribution < 1.29 is 14.7 Å². The van der Waals surface area contributed by atoms with Crippen molar-refractivity contribution in [1.82, 2.24) is 4.90 Å². The van der Waals surface area contributed by atoms with E-state index in [4.69, 9.17) is 5.11 Å². The number of aryl methyl sites for hydroxylation is 1. The summed E-state index contributed by atoms with van der Waals surface area (Å²) < 4.78 is 0. The van der Waals surface area contributed by atoms with E-state index in [1.165, 1.54) is 5.56 Å². The van der Waals surface area contributed by atoms with Crippen molar-refractivity contribution >= 4 is 23.6 Å². The van der Waals surface area contributed by atoms with Crippen molar-refractivity contribution in [3.63, 3.8) is 0 Å². The topological polar surface area (TPSA) is 57.6 Å². The molecule has 4 nitrogen and oxygen atoms in total. The van der Waals surface area contributed by atoms with Gasteiger partial charge >= 0.3 is 5.97 Å². The molecule has 1 N–H and O–H groups in total. The zero-order chi connectivity index (χ0) is 15.8. The van der Waals surface area contributed by atoms with E-state index in [0.29, 0.717) is 18.7 Å². The summed E-state index contributed by atoms with van der Waals surface area (Å²) in [4.78, 5) is 25.7. The third kappa shape index (κ3) is 6.21. The van der Waals surface area contributed by atoms with Crippen LogP contribution in [-0.2, 0) is 9.59 Å². The fourth-order valence-electron chi connectivity index (χ4n) is 2.13. The maximum Gasteiger partial charge on any atom is 0.305 e. The molecule has 21 heavy (non-hydrogen) atoms. The van der Waals surface area contributed by atoms with Crippen molar-refractivity contribution in [3.05, 3.63) is 29.8 Å². The van der Waals surface area contributed by atoms with Crippen LogP contribution >= 0.6 is 11.8 Å². The lowest BCUT2D eigenvalue weighted by atomic mass is 10.2. The van der Waals surface area contributed by atoms with Gasteiger partial charge in [0.15, 0.2) is 0 Å². The number of carbonyl (C=O) groups is 2. The van der Waals surface area contributed by atoms with E-state index in [0.717, 1.165) is 4.90 Å². The number of carboxylic acids is 1. The van der Waals surface area contributed by atoms with Gasteiger partial charge in [-0.1, -0.05) is 17.7 Å². The lowest BCUT2D eigenvalue weighted by Crippen LogP contribution is -2.39. The van der Waals surface area contributed by atoms with Crippen LogP contribution in [0.4, 0.5) is 0 Å². The third-order valence-corrected chi connectivity index (χ3v) is 4.28. The number of nitrogens with zero attached hydrogens (tertiary/aromatic N) is 1. The Kier molecular flexibility index (Phi) is 7.29. The second kappa shape index (κ2) is 8.72. The first kappa shape index (κ1) is 17.6. The molecule has 0 fully saturated rings. The van der Waals surface area contributed by atoms with E-state index in [-0.39, 0.29) is 18.4 Å². The first-order valence-corrected chi connectivity index (χ1v) is 8.13. The van der Waals surface area contributed by atoms with Crippen molar-refractivity contribution in [3.8, 4) is 0 Å². The number of carbonyl (C=O) groups excluding carboxylic acids is 1. The van der Waals surface area contributed by atoms with E-state index in [1.54, 1.807) is 23.6 Å². The summed E-state index contributed by atoms with van der Waals surface area (Å²) in [5.74, 6) is -0.147. The minimum atomic E-state index is -0.872. The number of rotatable bonds is 8. The quantitative estimate of drug-likeness (QED) is 0.749. The third-order valence-electron chi connectivity index (χ3n) is 3.27. The number of hydrogen-bond donors (Lipinski definition) is 1. The van der Waals surface area contributed by atoms with E-state index >= 15 is 0 Å². The molecule has 0 saturated heterocycles. The first-order valence-electron chi connectivity index (χ1n) is 7.14. The number of amides is 1. The van der Waals surface area contributed by atoms with Crippen molar-refractivity contribution in [1.29, 1.82) is 0 Å². The number of thioether (sulfide) groups is 1. The fourth-order valence-corrected chi connectivity index (χ4v) is 2.97. The molecule has 0 aliphatic heterocycles. The van der Waals surface area contributed by atoms with Crippen LogP contribution in [0.15, 0.2) is 29.2 Å². The minimum absolute atomic E-state index is 0.00924. The number of hydrogen-bond acceptors (Lipinski definition) is 3. The van der Waals surface area contributed by atoms with Gasteiger partial charge in [-0.25, -0.2) is 0 Å². The second-order valence-electron chi connectivity index (χ2n) is 5.04. The predicted molar refractivity (Wildman–Crippen MR) is 85.6 cm³/mol. The SMILES string of the molecule is CCN(C(=O)CCSc1ccc(C)cc1)C(C)CC(=O)O. The predicted octanol–water partition coefficient (Wildman–Crippen LogP) is 3.19. The number of benzene rings is 1.